The zero-order valence-corrected chi connectivity index (χ0v) is 14.8. The minimum Gasteiger partial charge on any atom is -0.360 e. The number of nitrogens with one attached hydrogen (secondary N) is 1. The van der Waals surface area contributed by atoms with E-state index in [1.165, 1.54) is 0 Å². The molecule has 0 spiro atoms. The lowest BCUT2D eigenvalue weighted by Crippen LogP contribution is -2.36. The molecule has 0 bridgehead atoms. The number of hydrogen-bond acceptors (Lipinski definition) is 8. The molecule has 1 aliphatic rings. The predicted molar refractivity (Wildman–Crippen MR) is 91.4 cm³/mol. The molecular weight excluding hydrogens is 330 g/mol. The van der Waals surface area contributed by atoms with Crippen molar-refractivity contribution in [2.75, 3.05) is 28.3 Å². The highest BCUT2D eigenvalue weighted by molar-refractivity contribution is 7.91. The Hall–Kier alpha value is -2.16. The Kier molecular flexibility index (Phi) is 4.44. The van der Waals surface area contributed by atoms with Crippen LogP contribution in [0, 0.1) is 13.8 Å². The van der Waals surface area contributed by atoms with E-state index < -0.39 is 9.84 Å². The fourth-order valence-electron chi connectivity index (χ4n) is 2.92. The van der Waals surface area contributed by atoms with Crippen LogP contribution in [0.1, 0.15) is 24.8 Å². The summed E-state index contributed by atoms with van der Waals surface area (Å²) in [6.07, 6.45) is 0.629. The highest BCUT2D eigenvalue weighted by Gasteiger charge is 2.32. The zero-order chi connectivity index (χ0) is 17.3. The third-order valence-corrected chi connectivity index (χ3v) is 5.74. The van der Waals surface area contributed by atoms with Gasteiger partial charge in [-0.05, 0) is 27.2 Å². The smallest absolute Gasteiger partial charge is 0.230 e. The predicted octanol–water partition coefficient (Wildman–Crippen LogP) is 1.84. The molecule has 2 aromatic rings. The molecule has 1 unspecified atom stereocenters. The van der Waals surface area contributed by atoms with Crippen LogP contribution < -0.4 is 10.2 Å². The summed E-state index contributed by atoms with van der Waals surface area (Å²) in [4.78, 5) is 10.9. The Morgan fingerprint density at radius 2 is 2.12 bits per heavy atom. The fourth-order valence-corrected chi connectivity index (χ4v) is 4.65. The monoisotopic (exact) mass is 351 g/mol. The summed E-state index contributed by atoms with van der Waals surface area (Å²) in [5.41, 5.74) is 0.794. The van der Waals surface area contributed by atoms with Crippen molar-refractivity contribution in [1.29, 1.82) is 0 Å². The van der Waals surface area contributed by atoms with Gasteiger partial charge in [-0.25, -0.2) is 13.4 Å². The fraction of sp³-hybridized carbons (Fsp3) is 0.533. The molecular formula is C15H21N5O3S. The third kappa shape index (κ3) is 3.66. The van der Waals surface area contributed by atoms with E-state index in [1.54, 1.807) is 13.0 Å². The van der Waals surface area contributed by atoms with Gasteiger partial charge >= 0.3 is 0 Å². The Balaban J connectivity index is 1.86. The Morgan fingerprint density at radius 1 is 1.33 bits per heavy atom. The van der Waals surface area contributed by atoms with Gasteiger partial charge in [0.05, 0.1) is 11.5 Å². The van der Waals surface area contributed by atoms with Gasteiger partial charge in [0.1, 0.15) is 11.6 Å². The second-order valence-electron chi connectivity index (χ2n) is 5.98. The second-order valence-corrected chi connectivity index (χ2v) is 8.21. The lowest BCUT2D eigenvalue weighted by atomic mass is 10.2. The molecule has 1 N–H and O–H groups in total. The number of aryl methyl sites for hydroxylation is 2. The van der Waals surface area contributed by atoms with Crippen molar-refractivity contribution in [3.8, 4) is 0 Å². The minimum absolute atomic E-state index is 0.0450. The minimum atomic E-state index is -2.95. The maximum absolute atomic E-state index is 11.8. The quantitative estimate of drug-likeness (QED) is 0.871. The molecule has 2 aromatic heterocycles. The highest BCUT2D eigenvalue weighted by Crippen LogP contribution is 2.25. The number of sulfone groups is 1. The average Bonchev–Trinajstić information content (AvgIpc) is 3.05. The van der Waals surface area contributed by atoms with Gasteiger partial charge in [-0.1, -0.05) is 5.16 Å². The van der Waals surface area contributed by atoms with E-state index >= 15 is 0 Å². The number of aromatic nitrogens is 3. The first-order valence-electron chi connectivity index (χ1n) is 7.89. The van der Waals surface area contributed by atoms with E-state index in [2.05, 4.69) is 20.4 Å². The first-order valence-corrected chi connectivity index (χ1v) is 9.71. The Bertz CT molecular complexity index is 833. The summed E-state index contributed by atoms with van der Waals surface area (Å²) in [6.45, 7) is 6.36. The van der Waals surface area contributed by atoms with Crippen molar-refractivity contribution in [1.82, 2.24) is 15.1 Å². The van der Waals surface area contributed by atoms with Gasteiger partial charge in [-0.15, -0.1) is 0 Å². The molecule has 0 radical (unpaired) electrons. The van der Waals surface area contributed by atoms with Gasteiger partial charge in [-0.2, -0.15) is 4.98 Å². The second kappa shape index (κ2) is 6.39. The van der Waals surface area contributed by atoms with Crippen LogP contribution in [0.2, 0.25) is 0 Å². The lowest BCUT2D eigenvalue weighted by molar-refractivity contribution is 0.400. The normalized spacial score (nSPS) is 19.4. The highest BCUT2D eigenvalue weighted by atomic mass is 32.2. The van der Waals surface area contributed by atoms with Gasteiger partial charge in [0.15, 0.2) is 15.7 Å². The van der Waals surface area contributed by atoms with E-state index in [4.69, 9.17) is 4.52 Å². The van der Waals surface area contributed by atoms with E-state index in [1.807, 2.05) is 24.8 Å². The summed E-state index contributed by atoms with van der Waals surface area (Å²) in [6, 6.07) is 3.58. The lowest BCUT2D eigenvalue weighted by Gasteiger charge is -2.28. The third-order valence-electron chi connectivity index (χ3n) is 3.99. The van der Waals surface area contributed by atoms with Gasteiger partial charge in [-0.3, -0.25) is 0 Å². The van der Waals surface area contributed by atoms with Crippen LogP contribution in [0.5, 0.6) is 0 Å². The van der Waals surface area contributed by atoms with E-state index in [9.17, 15) is 8.42 Å². The van der Waals surface area contributed by atoms with Crippen LogP contribution in [0.15, 0.2) is 16.7 Å². The van der Waals surface area contributed by atoms with Gasteiger partial charge in [0.2, 0.25) is 5.95 Å². The van der Waals surface area contributed by atoms with Crippen molar-refractivity contribution < 1.29 is 12.9 Å². The van der Waals surface area contributed by atoms with Crippen LogP contribution in [0.4, 0.5) is 17.6 Å². The van der Waals surface area contributed by atoms with Crippen molar-refractivity contribution in [3.05, 3.63) is 23.6 Å². The first kappa shape index (κ1) is 16.7. The molecule has 0 amide bonds. The van der Waals surface area contributed by atoms with Crippen LogP contribution >= 0.6 is 0 Å². The van der Waals surface area contributed by atoms with E-state index in [0.29, 0.717) is 30.5 Å². The molecule has 130 valence electrons. The largest absolute Gasteiger partial charge is 0.360 e. The summed E-state index contributed by atoms with van der Waals surface area (Å²) < 4.78 is 28.6. The van der Waals surface area contributed by atoms with Crippen LogP contribution in [-0.2, 0) is 9.84 Å². The van der Waals surface area contributed by atoms with Crippen molar-refractivity contribution in [2.45, 2.75) is 33.2 Å². The van der Waals surface area contributed by atoms with E-state index in [0.717, 1.165) is 11.5 Å². The summed E-state index contributed by atoms with van der Waals surface area (Å²) >= 11 is 0. The maximum Gasteiger partial charge on any atom is 0.230 e. The standard InChI is InChI=1S/C15H21N5O3S/c1-4-20(12-5-6-24(21,22)9-12)14-7-10(2)16-15(18-14)17-13-8-11(3)23-19-13/h7-8,12H,4-6,9H2,1-3H3,(H,16,17,18,19). The Labute approximate surface area is 141 Å². The molecule has 3 heterocycles. The molecule has 1 atom stereocenters. The van der Waals surface area contributed by atoms with Gasteiger partial charge < -0.3 is 14.7 Å². The van der Waals surface area contributed by atoms with Crippen LogP contribution in [0.25, 0.3) is 0 Å². The number of anilines is 3. The Morgan fingerprint density at radius 3 is 2.71 bits per heavy atom. The molecule has 1 saturated heterocycles. The molecule has 1 aliphatic heterocycles. The molecule has 1 fully saturated rings. The van der Waals surface area contributed by atoms with Gasteiger partial charge in [0.25, 0.3) is 0 Å². The van der Waals surface area contributed by atoms with Crippen LogP contribution in [-0.4, -0.2) is 47.6 Å². The van der Waals surface area contributed by atoms with Gasteiger partial charge in [0, 0.05) is 30.4 Å². The van der Waals surface area contributed by atoms with Crippen molar-refractivity contribution >= 4 is 27.4 Å². The molecule has 0 aliphatic carbocycles. The maximum atomic E-state index is 11.8. The summed E-state index contributed by atoms with van der Waals surface area (Å²) in [5, 5.41) is 6.89. The molecule has 9 heteroatoms. The molecule has 8 nitrogen and oxygen atoms in total. The number of nitrogens with zero attached hydrogens (tertiary/aromatic N) is 4. The SMILES string of the molecule is CCN(c1cc(C)nc(Nc2cc(C)on2)n1)C1CCS(=O)(=O)C1. The van der Waals surface area contributed by atoms with E-state index in [-0.39, 0.29) is 17.5 Å². The number of rotatable bonds is 5. The van der Waals surface area contributed by atoms with Crippen molar-refractivity contribution in [3.63, 3.8) is 0 Å². The molecule has 0 saturated carbocycles. The topological polar surface area (TPSA) is 101 Å². The molecule has 0 aromatic carbocycles. The molecule has 3 rings (SSSR count). The summed E-state index contributed by atoms with van der Waals surface area (Å²) in [5.74, 6) is 2.77. The zero-order valence-electron chi connectivity index (χ0n) is 14.0. The first-order chi connectivity index (χ1) is 11.4. The van der Waals surface area contributed by atoms with Crippen LogP contribution in [0.3, 0.4) is 0 Å². The van der Waals surface area contributed by atoms with Crippen molar-refractivity contribution in [2.24, 2.45) is 0 Å². The number of hydrogen-bond donors (Lipinski definition) is 1. The summed E-state index contributed by atoms with van der Waals surface area (Å²) in [7, 11) is -2.95. The average molecular weight is 351 g/mol. The molecule has 24 heavy (non-hydrogen) atoms.